The van der Waals surface area contributed by atoms with Crippen molar-refractivity contribution in [1.82, 2.24) is 0 Å². The molecule has 0 amide bonds. The molecular formula is C40H81NO3P+. The van der Waals surface area contributed by atoms with Crippen LogP contribution < -0.4 is 0 Å². The van der Waals surface area contributed by atoms with Crippen LogP contribution in [0.5, 0.6) is 0 Å². The Morgan fingerprint density at radius 1 is 0.422 bits per heavy atom. The van der Waals surface area contributed by atoms with Crippen LogP contribution in [-0.2, 0) is 13.6 Å². The summed E-state index contributed by atoms with van der Waals surface area (Å²) < 4.78 is 26.0. The predicted octanol–water partition coefficient (Wildman–Crippen LogP) is 14.0. The average Bonchev–Trinajstić information content (AvgIpc) is 2.99. The lowest BCUT2D eigenvalue weighted by Crippen LogP contribution is -2.36. The van der Waals surface area contributed by atoms with Crippen molar-refractivity contribution in [3.05, 3.63) is 24.3 Å². The zero-order valence-electron chi connectivity index (χ0n) is 31.3. The molecule has 0 aliphatic carbocycles. The van der Waals surface area contributed by atoms with E-state index in [0.29, 0.717) is 24.0 Å². The van der Waals surface area contributed by atoms with Gasteiger partial charge in [0, 0.05) is 0 Å². The van der Waals surface area contributed by atoms with Gasteiger partial charge in [0.05, 0.1) is 34.4 Å². The predicted molar refractivity (Wildman–Crippen MR) is 201 cm³/mol. The largest absolute Gasteiger partial charge is 0.384 e. The van der Waals surface area contributed by atoms with Gasteiger partial charge in [-0.25, -0.2) is 0 Å². The Hall–Kier alpha value is -0.410. The van der Waals surface area contributed by atoms with Crippen molar-refractivity contribution in [1.29, 1.82) is 0 Å². The molecule has 5 heteroatoms. The number of quaternary nitrogens is 1. The van der Waals surface area contributed by atoms with Gasteiger partial charge >= 0.3 is 7.60 Å². The van der Waals surface area contributed by atoms with E-state index in [-0.39, 0.29) is 0 Å². The standard InChI is InChI=1S/C40H81NO3P/c1-6-8-10-12-14-16-18-20-22-24-26-28-30-32-34-36-38-43-45(42,40-41(3,4)5)44-39-37-35-33-31-29-27-25-23-21-19-17-15-13-11-9-7-2/h22-25H,6-21,26-40H2,1-5H3/q+1/b24-22-,25-23-. The monoisotopic (exact) mass is 655 g/mol. The second kappa shape index (κ2) is 33.5. The van der Waals surface area contributed by atoms with Crippen molar-refractivity contribution in [3.63, 3.8) is 0 Å². The molecule has 0 aliphatic heterocycles. The second-order valence-electron chi connectivity index (χ2n) is 14.6. The average molecular weight is 655 g/mol. The molecule has 0 rings (SSSR count). The Labute approximate surface area is 283 Å². The van der Waals surface area contributed by atoms with E-state index < -0.39 is 7.60 Å². The smallest absolute Gasteiger partial charge is 0.321 e. The number of hydrogen-bond donors (Lipinski definition) is 0. The van der Waals surface area contributed by atoms with Crippen molar-refractivity contribution in [2.24, 2.45) is 0 Å². The maximum Gasteiger partial charge on any atom is 0.384 e. The molecule has 4 nitrogen and oxygen atoms in total. The number of hydrogen-bond acceptors (Lipinski definition) is 3. The molecule has 0 bridgehead atoms. The zero-order chi connectivity index (χ0) is 33.2. The summed E-state index contributed by atoms with van der Waals surface area (Å²) in [5.41, 5.74) is 0. The maximum absolute atomic E-state index is 13.5. The number of allylic oxidation sites excluding steroid dienone is 4. The fourth-order valence-corrected chi connectivity index (χ4v) is 7.84. The van der Waals surface area contributed by atoms with Crippen LogP contribution in [0.2, 0.25) is 0 Å². The lowest BCUT2D eigenvalue weighted by atomic mass is 10.1. The number of unbranched alkanes of at least 4 members (excludes halogenated alkanes) is 24. The van der Waals surface area contributed by atoms with Crippen LogP contribution in [0.15, 0.2) is 24.3 Å². The highest BCUT2D eigenvalue weighted by Gasteiger charge is 2.32. The van der Waals surface area contributed by atoms with E-state index in [1.165, 1.54) is 154 Å². The topological polar surface area (TPSA) is 35.5 Å². The van der Waals surface area contributed by atoms with Crippen molar-refractivity contribution in [2.75, 3.05) is 40.6 Å². The van der Waals surface area contributed by atoms with Crippen LogP contribution in [0.4, 0.5) is 0 Å². The molecule has 0 saturated carbocycles. The highest BCUT2D eigenvalue weighted by molar-refractivity contribution is 7.53. The lowest BCUT2D eigenvalue weighted by Gasteiger charge is -2.28. The van der Waals surface area contributed by atoms with Gasteiger partial charge in [-0.15, -0.1) is 0 Å². The molecule has 268 valence electrons. The van der Waals surface area contributed by atoms with Crippen LogP contribution in [-0.4, -0.2) is 45.1 Å². The summed E-state index contributed by atoms with van der Waals surface area (Å²) in [4.78, 5) is 0. The van der Waals surface area contributed by atoms with Crippen LogP contribution >= 0.6 is 7.60 Å². The van der Waals surface area contributed by atoms with Gasteiger partial charge in [-0.1, -0.05) is 154 Å². The molecule has 0 heterocycles. The minimum absolute atomic E-state index is 0.434. The third-order valence-electron chi connectivity index (χ3n) is 8.49. The van der Waals surface area contributed by atoms with Crippen LogP contribution in [0.25, 0.3) is 0 Å². The summed E-state index contributed by atoms with van der Waals surface area (Å²) in [7, 11) is 3.12. The molecule has 0 aromatic rings. The lowest BCUT2D eigenvalue weighted by molar-refractivity contribution is -0.859. The minimum atomic E-state index is -3.07. The Balaban J connectivity index is 3.79. The first-order valence-corrected chi connectivity index (χ1v) is 21.5. The van der Waals surface area contributed by atoms with E-state index in [9.17, 15) is 4.57 Å². The molecule has 0 aromatic carbocycles. The molecule has 0 N–H and O–H groups in total. The fourth-order valence-electron chi connectivity index (χ4n) is 5.74. The highest BCUT2D eigenvalue weighted by atomic mass is 31.2. The highest BCUT2D eigenvalue weighted by Crippen LogP contribution is 2.49. The van der Waals surface area contributed by atoms with Gasteiger partial charge in [-0.05, 0) is 64.2 Å². The van der Waals surface area contributed by atoms with E-state index in [1.807, 2.05) is 0 Å². The van der Waals surface area contributed by atoms with E-state index in [2.05, 4.69) is 59.3 Å². The summed E-state index contributed by atoms with van der Waals surface area (Å²) >= 11 is 0. The SMILES string of the molecule is CCCCCCCCC/C=C\CCCCCCCOP(=O)(C[N+](C)(C)C)OCCCCCCC/C=C\CCCCCCCCC. The van der Waals surface area contributed by atoms with Gasteiger partial charge in [-0.3, -0.25) is 4.57 Å². The van der Waals surface area contributed by atoms with Gasteiger partial charge in [0.15, 0.2) is 6.29 Å². The summed E-state index contributed by atoms with van der Waals surface area (Å²) in [6.07, 6.45) is 46.1. The molecule has 0 fully saturated rings. The first-order chi connectivity index (χ1) is 21.8. The molecule has 0 aromatic heterocycles. The molecule has 0 spiro atoms. The van der Waals surface area contributed by atoms with Crippen LogP contribution in [0.1, 0.15) is 194 Å². The minimum Gasteiger partial charge on any atom is -0.321 e. The second-order valence-corrected chi connectivity index (χ2v) is 16.6. The molecule has 45 heavy (non-hydrogen) atoms. The Bertz CT molecular complexity index is 652. The quantitative estimate of drug-likeness (QED) is 0.0292. The third kappa shape index (κ3) is 36.3. The third-order valence-corrected chi connectivity index (χ3v) is 10.8. The Morgan fingerprint density at radius 3 is 0.978 bits per heavy atom. The summed E-state index contributed by atoms with van der Waals surface area (Å²) in [6.45, 7) is 5.65. The van der Waals surface area contributed by atoms with Gasteiger partial charge in [0.1, 0.15) is 0 Å². The molecule has 0 atom stereocenters. The first-order valence-electron chi connectivity index (χ1n) is 19.8. The molecule has 0 aliphatic rings. The number of nitrogens with zero attached hydrogens (tertiary/aromatic N) is 1. The van der Waals surface area contributed by atoms with Gasteiger partial charge < -0.3 is 13.5 Å². The van der Waals surface area contributed by atoms with Gasteiger partial charge in [-0.2, -0.15) is 0 Å². The van der Waals surface area contributed by atoms with Gasteiger partial charge in [0.2, 0.25) is 0 Å². The number of rotatable bonds is 36. The van der Waals surface area contributed by atoms with Crippen molar-refractivity contribution in [2.45, 2.75) is 194 Å². The van der Waals surface area contributed by atoms with Crippen molar-refractivity contribution >= 4 is 7.60 Å². The van der Waals surface area contributed by atoms with Gasteiger partial charge in [0.25, 0.3) is 0 Å². The summed E-state index contributed by atoms with van der Waals surface area (Å²) in [5, 5.41) is 0. The summed E-state index contributed by atoms with van der Waals surface area (Å²) in [5.74, 6) is 0. The molecular weight excluding hydrogens is 573 g/mol. The van der Waals surface area contributed by atoms with Crippen molar-refractivity contribution in [3.8, 4) is 0 Å². The van der Waals surface area contributed by atoms with E-state index in [4.69, 9.17) is 9.05 Å². The fraction of sp³-hybridized carbons (Fsp3) is 0.900. The zero-order valence-corrected chi connectivity index (χ0v) is 32.2. The molecule has 0 unspecified atom stereocenters. The normalized spacial score (nSPS) is 12.7. The summed E-state index contributed by atoms with van der Waals surface area (Å²) in [6, 6.07) is 0. The maximum atomic E-state index is 13.5. The van der Waals surface area contributed by atoms with Crippen LogP contribution in [0.3, 0.4) is 0 Å². The first kappa shape index (κ1) is 44.6. The van der Waals surface area contributed by atoms with Crippen molar-refractivity contribution < 1.29 is 18.1 Å². The Kier molecular flexibility index (Phi) is 33.2. The van der Waals surface area contributed by atoms with Crippen LogP contribution in [0, 0.1) is 0 Å². The van der Waals surface area contributed by atoms with E-state index in [0.717, 1.165) is 25.7 Å². The Morgan fingerprint density at radius 2 is 0.689 bits per heavy atom. The molecule has 0 saturated heterocycles. The molecule has 0 radical (unpaired) electrons. The van der Waals surface area contributed by atoms with E-state index >= 15 is 0 Å². The van der Waals surface area contributed by atoms with E-state index in [1.54, 1.807) is 0 Å².